The van der Waals surface area contributed by atoms with Crippen LogP contribution in [-0.2, 0) is 12.4 Å². The number of nitrogens with zero attached hydrogens (tertiary/aromatic N) is 1. The molecule has 0 saturated heterocycles. The molecule has 0 aliphatic rings. The zero-order chi connectivity index (χ0) is 19.8. The van der Waals surface area contributed by atoms with Crippen molar-refractivity contribution >= 4 is 0 Å². The molecule has 3 rings (SSSR count). The second kappa shape index (κ2) is 6.68. The molecule has 0 amide bonds. The maximum Gasteiger partial charge on any atom is 0.417 e. The predicted octanol–water partition coefficient (Wildman–Crippen LogP) is 6.59. The highest BCUT2D eigenvalue weighted by molar-refractivity contribution is 5.76. The van der Waals surface area contributed by atoms with Gasteiger partial charge in [-0.3, -0.25) is 4.98 Å². The van der Waals surface area contributed by atoms with Crippen molar-refractivity contribution in [2.24, 2.45) is 0 Å². The fourth-order valence-electron chi connectivity index (χ4n) is 2.75. The van der Waals surface area contributed by atoms with E-state index >= 15 is 4.39 Å². The normalized spacial score (nSPS) is 12.3. The van der Waals surface area contributed by atoms with Gasteiger partial charge in [-0.25, -0.2) is 4.39 Å². The lowest BCUT2D eigenvalue weighted by molar-refractivity contribution is -0.137. The molecule has 0 aliphatic carbocycles. The van der Waals surface area contributed by atoms with Crippen LogP contribution in [0, 0.1) is 5.82 Å². The van der Waals surface area contributed by atoms with Crippen LogP contribution in [0.4, 0.5) is 30.7 Å². The summed E-state index contributed by atoms with van der Waals surface area (Å²) in [5.74, 6) is -1.21. The lowest BCUT2D eigenvalue weighted by atomic mass is 9.95. The fourth-order valence-corrected chi connectivity index (χ4v) is 2.75. The minimum absolute atomic E-state index is 0.499. The van der Waals surface area contributed by atoms with Gasteiger partial charge in [-0.05, 0) is 23.3 Å². The zero-order valence-corrected chi connectivity index (χ0v) is 13.4. The molecule has 8 heteroatoms. The van der Waals surface area contributed by atoms with Crippen molar-refractivity contribution in [1.29, 1.82) is 0 Å². The van der Waals surface area contributed by atoms with E-state index in [0.29, 0.717) is 0 Å². The minimum atomic E-state index is -4.76. The third-order valence-corrected chi connectivity index (χ3v) is 3.93. The van der Waals surface area contributed by atoms with Crippen LogP contribution in [0.1, 0.15) is 11.1 Å². The molecule has 1 nitrogen and oxygen atoms in total. The summed E-state index contributed by atoms with van der Waals surface area (Å²) < 4.78 is 94.3. The molecule has 3 aromatic rings. The molecule has 0 fully saturated rings. The van der Waals surface area contributed by atoms with E-state index < -0.39 is 51.6 Å². The Labute approximate surface area is 149 Å². The molecule has 0 N–H and O–H groups in total. The van der Waals surface area contributed by atoms with E-state index in [1.165, 1.54) is 12.1 Å². The van der Waals surface area contributed by atoms with Gasteiger partial charge in [0.05, 0.1) is 11.1 Å². The van der Waals surface area contributed by atoms with Crippen molar-refractivity contribution in [2.45, 2.75) is 12.4 Å². The van der Waals surface area contributed by atoms with Crippen molar-refractivity contribution in [3.63, 3.8) is 0 Å². The third-order valence-electron chi connectivity index (χ3n) is 3.93. The van der Waals surface area contributed by atoms with Crippen LogP contribution < -0.4 is 0 Å². The van der Waals surface area contributed by atoms with Gasteiger partial charge in [0.25, 0.3) is 0 Å². The number of pyridine rings is 1. The fraction of sp³-hybridized carbons (Fsp3) is 0.105. The van der Waals surface area contributed by atoms with Crippen LogP contribution in [0.3, 0.4) is 0 Å². The standard InChI is InChI=1S/C19H10F7N/c20-17-13(11-5-1-3-7-15(11)18(21,22)23)9-27-10-14(17)12-6-2-4-8-16(12)19(24,25)26/h1-10H. The van der Waals surface area contributed by atoms with E-state index in [2.05, 4.69) is 4.98 Å². The van der Waals surface area contributed by atoms with Crippen molar-refractivity contribution < 1.29 is 30.7 Å². The van der Waals surface area contributed by atoms with Gasteiger partial charge in [0.2, 0.25) is 0 Å². The lowest BCUT2D eigenvalue weighted by Gasteiger charge is -2.16. The molecule has 0 atom stereocenters. The van der Waals surface area contributed by atoms with Crippen molar-refractivity contribution in [3.05, 3.63) is 77.9 Å². The monoisotopic (exact) mass is 385 g/mol. The van der Waals surface area contributed by atoms with Gasteiger partial charge in [0, 0.05) is 23.5 Å². The van der Waals surface area contributed by atoms with Crippen LogP contribution in [0.15, 0.2) is 60.9 Å². The first-order valence-corrected chi connectivity index (χ1v) is 7.57. The number of benzene rings is 2. The van der Waals surface area contributed by atoms with E-state index in [1.807, 2.05) is 0 Å². The number of alkyl halides is 6. The molecule has 27 heavy (non-hydrogen) atoms. The summed E-state index contributed by atoms with van der Waals surface area (Å²) in [4.78, 5) is 3.67. The summed E-state index contributed by atoms with van der Waals surface area (Å²) in [7, 11) is 0. The molecule has 0 bridgehead atoms. The van der Waals surface area contributed by atoms with Gasteiger partial charge >= 0.3 is 12.4 Å². The first kappa shape index (κ1) is 18.9. The highest BCUT2D eigenvalue weighted by Gasteiger charge is 2.36. The van der Waals surface area contributed by atoms with Crippen molar-refractivity contribution in [3.8, 4) is 22.3 Å². The SMILES string of the molecule is Fc1c(-c2ccccc2C(F)(F)F)cncc1-c1ccccc1C(F)(F)F. The predicted molar refractivity (Wildman–Crippen MR) is 85.1 cm³/mol. The second-order valence-corrected chi connectivity index (χ2v) is 5.64. The Morgan fingerprint density at radius 1 is 0.556 bits per heavy atom. The molecule has 0 aliphatic heterocycles. The van der Waals surface area contributed by atoms with Crippen molar-refractivity contribution in [1.82, 2.24) is 4.98 Å². The quantitative estimate of drug-likeness (QED) is 0.454. The molecular weight excluding hydrogens is 375 g/mol. The Balaban J connectivity index is 2.25. The van der Waals surface area contributed by atoms with Gasteiger partial charge in [0.15, 0.2) is 0 Å². The largest absolute Gasteiger partial charge is 0.417 e. The number of hydrogen-bond donors (Lipinski definition) is 0. The second-order valence-electron chi connectivity index (χ2n) is 5.64. The van der Waals surface area contributed by atoms with Gasteiger partial charge in [-0.1, -0.05) is 36.4 Å². The van der Waals surface area contributed by atoms with Gasteiger partial charge in [-0.2, -0.15) is 26.3 Å². The van der Waals surface area contributed by atoms with Crippen LogP contribution in [0.5, 0.6) is 0 Å². The summed E-state index contributed by atoms with van der Waals surface area (Å²) in [5.41, 5.74) is -4.27. The Morgan fingerprint density at radius 3 is 1.30 bits per heavy atom. The topological polar surface area (TPSA) is 12.9 Å². The van der Waals surface area contributed by atoms with Crippen LogP contribution in [0.25, 0.3) is 22.3 Å². The van der Waals surface area contributed by atoms with Crippen LogP contribution >= 0.6 is 0 Å². The van der Waals surface area contributed by atoms with E-state index in [0.717, 1.165) is 48.8 Å². The number of rotatable bonds is 2. The molecule has 0 spiro atoms. The average molecular weight is 385 g/mol. The average Bonchev–Trinajstić information content (AvgIpc) is 2.60. The number of aromatic nitrogens is 1. The first-order valence-electron chi connectivity index (χ1n) is 7.57. The Hall–Kier alpha value is -2.90. The molecule has 0 unspecified atom stereocenters. The maximum atomic E-state index is 15.0. The molecule has 1 heterocycles. The summed E-state index contributed by atoms with van der Waals surface area (Å²) in [5, 5.41) is 0. The van der Waals surface area contributed by atoms with Gasteiger partial charge in [0.1, 0.15) is 5.82 Å². The molecular formula is C19H10F7N. The van der Waals surface area contributed by atoms with Crippen LogP contribution in [-0.4, -0.2) is 4.98 Å². The van der Waals surface area contributed by atoms with Gasteiger partial charge in [-0.15, -0.1) is 0 Å². The first-order chi connectivity index (χ1) is 12.6. The third kappa shape index (κ3) is 3.65. The van der Waals surface area contributed by atoms with E-state index in [-0.39, 0.29) is 0 Å². The Kier molecular flexibility index (Phi) is 4.67. The van der Waals surface area contributed by atoms with Crippen LogP contribution in [0.2, 0.25) is 0 Å². The minimum Gasteiger partial charge on any atom is -0.263 e. The molecule has 2 aromatic carbocycles. The van der Waals surface area contributed by atoms with E-state index in [4.69, 9.17) is 0 Å². The Bertz CT molecular complexity index is 899. The Morgan fingerprint density at radius 2 is 0.926 bits per heavy atom. The maximum absolute atomic E-state index is 15.0. The zero-order valence-electron chi connectivity index (χ0n) is 13.4. The number of hydrogen-bond acceptors (Lipinski definition) is 1. The highest BCUT2D eigenvalue weighted by Crippen LogP contribution is 2.41. The molecule has 140 valence electrons. The van der Waals surface area contributed by atoms with Gasteiger partial charge < -0.3 is 0 Å². The highest BCUT2D eigenvalue weighted by atomic mass is 19.4. The summed E-state index contributed by atoms with van der Waals surface area (Å²) >= 11 is 0. The molecule has 0 saturated carbocycles. The van der Waals surface area contributed by atoms with E-state index in [9.17, 15) is 26.3 Å². The smallest absolute Gasteiger partial charge is 0.263 e. The number of halogens is 7. The lowest BCUT2D eigenvalue weighted by Crippen LogP contribution is -2.09. The summed E-state index contributed by atoms with van der Waals surface area (Å²) in [6.45, 7) is 0. The molecule has 1 aromatic heterocycles. The molecule has 0 radical (unpaired) electrons. The summed E-state index contributed by atoms with van der Waals surface area (Å²) in [6, 6.07) is 8.46. The summed E-state index contributed by atoms with van der Waals surface area (Å²) in [6.07, 6.45) is -7.80. The van der Waals surface area contributed by atoms with E-state index in [1.54, 1.807) is 0 Å². The van der Waals surface area contributed by atoms with Crippen molar-refractivity contribution in [2.75, 3.05) is 0 Å².